The topological polar surface area (TPSA) is 66.4 Å². The molecule has 0 atom stereocenters. The lowest BCUT2D eigenvalue weighted by Gasteiger charge is -2.34. The van der Waals surface area contributed by atoms with E-state index in [4.69, 9.17) is 0 Å². The number of hydrogen-bond donors (Lipinski definition) is 0. The number of aromatic nitrogens is 2. The molecule has 122 valence electrons. The number of anilines is 1. The Morgan fingerprint density at radius 2 is 1.78 bits per heavy atom. The number of sulfonamides is 1. The summed E-state index contributed by atoms with van der Waals surface area (Å²) >= 11 is 0. The molecular formula is C14H14F2N4O2S. The van der Waals surface area contributed by atoms with Crippen molar-refractivity contribution in [2.75, 3.05) is 31.1 Å². The van der Waals surface area contributed by atoms with Gasteiger partial charge in [0.05, 0.1) is 6.20 Å². The smallest absolute Gasteiger partial charge is 0.246 e. The molecule has 0 spiro atoms. The zero-order chi connectivity index (χ0) is 16.4. The van der Waals surface area contributed by atoms with E-state index >= 15 is 0 Å². The fourth-order valence-corrected chi connectivity index (χ4v) is 3.90. The second-order valence-electron chi connectivity index (χ2n) is 5.03. The minimum atomic E-state index is -3.99. The first kappa shape index (κ1) is 15.8. The molecule has 0 radical (unpaired) electrons. The Morgan fingerprint density at radius 1 is 1.04 bits per heavy atom. The molecule has 0 amide bonds. The van der Waals surface area contributed by atoms with Crippen molar-refractivity contribution in [3.8, 4) is 0 Å². The number of nitrogens with zero attached hydrogens (tertiary/aromatic N) is 4. The Labute approximate surface area is 132 Å². The highest BCUT2D eigenvalue weighted by atomic mass is 32.2. The molecular weight excluding hydrogens is 326 g/mol. The maximum atomic E-state index is 13.8. The van der Waals surface area contributed by atoms with Crippen LogP contribution in [0.5, 0.6) is 0 Å². The molecule has 6 nitrogen and oxygen atoms in total. The second-order valence-corrected chi connectivity index (χ2v) is 6.94. The maximum Gasteiger partial charge on any atom is 0.246 e. The molecule has 1 aromatic carbocycles. The number of piperazine rings is 1. The van der Waals surface area contributed by atoms with E-state index in [0.717, 1.165) is 12.1 Å². The van der Waals surface area contributed by atoms with Crippen molar-refractivity contribution >= 4 is 15.8 Å². The van der Waals surface area contributed by atoms with E-state index in [1.165, 1.54) is 4.31 Å². The van der Waals surface area contributed by atoms with E-state index in [1.807, 2.05) is 4.90 Å². The highest BCUT2D eigenvalue weighted by Crippen LogP contribution is 2.22. The van der Waals surface area contributed by atoms with Crippen LogP contribution in [-0.2, 0) is 10.0 Å². The van der Waals surface area contributed by atoms with Crippen LogP contribution >= 0.6 is 0 Å². The largest absolute Gasteiger partial charge is 0.353 e. The van der Waals surface area contributed by atoms with Crippen LogP contribution in [0.2, 0.25) is 0 Å². The van der Waals surface area contributed by atoms with Gasteiger partial charge in [-0.3, -0.25) is 4.98 Å². The third-order valence-corrected chi connectivity index (χ3v) is 5.56. The predicted molar refractivity (Wildman–Crippen MR) is 79.4 cm³/mol. The molecule has 2 aromatic rings. The SMILES string of the molecule is O=S(=O)(c1ccc(F)cc1F)N1CCN(c2cnccn2)CC1. The van der Waals surface area contributed by atoms with Gasteiger partial charge in [0.1, 0.15) is 22.3 Å². The summed E-state index contributed by atoms with van der Waals surface area (Å²) in [7, 11) is -3.99. The highest BCUT2D eigenvalue weighted by Gasteiger charge is 2.31. The van der Waals surface area contributed by atoms with E-state index < -0.39 is 26.6 Å². The quantitative estimate of drug-likeness (QED) is 0.842. The fourth-order valence-electron chi connectivity index (χ4n) is 2.44. The second kappa shape index (κ2) is 6.17. The molecule has 0 N–H and O–H groups in total. The standard InChI is InChI=1S/C14H14F2N4O2S/c15-11-1-2-13(12(16)9-11)23(21,22)20-7-5-19(6-8-20)14-10-17-3-4-18-14/h1-4,9-10H,5-8H2. The van der Waals surface area contributed by atoms with Gasteiger partial charge in [0, 0.05) is 44.6 Å². The van der Waals surface area contributed by atoms with Gasteiger partial charge in [-0.2, -0.15) is 4.31 Å². The van der Waals surface area contributed by atoms with E-state index in [0.29, 0.717) is 25.0 Å². The van der Waals surface area contributed by atoms with Gasteiger partial charge in [0.2, 0.25) is 10.0 Å². The summed E-state index contributed by atoms with van der Waals surface area (Å²) in [6, 6.07) is 2.46. The van der Waals surface area contributed by atoms with Crippen LogP contribution in [0.1, 0.15) is 0 Å². The average molecular weight is 340 g/mol. The molecule has 0 unspecified atom stereocenters. The lowest BCUT2D eigenvalue weighted by atomic mass is 10.3. The van der Waals surface area contributed by atoms with Gasteiger partial charge in [-0.1, -0.05) is 0 Å². The molecule has 1 fully saturated rings. The first-order chi connectivity index (χ1) is 11.0. The Hall–Kier alpha value is -2.13. The normalized spacial score (nSPS) is 16.5. The van der Waals surface area contributed by atoms with Crippen LogP contribution in [0.3, 0.4) is 0 Å². The van der Waals surface area contributed by atoms with Gasteiger partial charge in [-0.25, -0.2) is 22.2 Å². The van der Waals surface area contributed by atoms with Gasteiger partial charge in [-0.15, -0.1) is 0 Å². The Bertz CT molecular complexity index is 794. The molecule has 23 heavy (non-hydrogen) atoms. The third kappa shape index (κ3) is 3.15. The van der Waals surface area contributed by atoms with Gasteiger partial charge in [0.15, 0.2) is 0 Å². The minimum absolute atomic E-state index is 0.190. The Morgan fingerprint density at radius 3 is 2.39 bits per heavy atom. The molecule has 1 aliphatic heterocycles. The minimum Gasteiger partial charge on any atom is -0.353 e. The summed E-state index contributed by atoms with van der Waals surface area (Å²) in [6.07, 6.45) is 4.72. The Balaban J connectivity index is 1.76. The molecule has 0 aliphatic carbocycles. The van der Waals surface area contributed by atoms with Crippen LogP contribution in [0.25, 0.3) is 0 Å². The molecule has 2 heterocycles. The van der Waals surface area contributed by atoms with Crippen molar-refractivity contribution in [2.24, 2.45) is 0 Å². The van der Waals surface area contributed by atoms with Gasteiger partial charge < -0.3 is 4.90 Å². The number of rotatable bonds is 3. The van der Waals surface area contributed by atoms with Crippen molar-refractivity contribution in [1.82, 2.24) is 14.3 Å². The Kier molecular flexibility index (Phi) is 4.22. The molecule has 0 bridgehead atoms. The van der Waals surface area contributed by atoms with Crippen LogP contribution < -0.4 is 4.90 Å². The molecule has 9 heteroatoms. The molecule has 0 saturated carbocycles. The van der Waals surface area contributed by atoms with Crippen molar-refractivity contribution in [1.29, 1.82) is 0 Å². The summed E-state index contributed by atoms with van der Waals surface area (Å²) in [6.45, 7) is 1.22. The van der Waals surface area contributed by atoms with E-state index in [2.05, 4.69) is 9.97 Å². The average Bonchev–Trinajstić information content (AvgIpc) is 2.55. The van der Waals surface area contributed by atoms with Crippen molar-refractivity contribution < 1.29 is 17.2 Å². The van der Waals surface area contributed by atoms with Gasteiger partial charge >= 0.3 is 0 Å². The highest BCUT2D eigenvalue weighted by molar-refractivity contribution is 7.89. The zero-order valence-electron chi connectivity index (χ0n) is 12.1. The lowest BCUT2D eigenvalue weighted by Crippen LogP contribution is -2.49. The van der Waals surface area contributed by atoms with E-state index in [1.54, 1.807) is 18.6 Å². The summed E-state index contributed by atoms with van der Waals surface area (Å²) in [4.78, 5) is 9.53. The van der Waals surface area contributed by atoms with Crippen molar-refractivity contribution in [3.63, 3.8) is 0 Å². The molecule has 3 rings (SSSR count). The number of halogens is 2. The molecule has 1 aliphatic rings. The van der Waals surface area contributed by atoms with Gasteiger partial charge in [0.25, 0.3) is 0 Å². The van der Waals surface area contributed by atoms with Crippen LogP contribution in [0.4, 0.5) is 14.6 Å². The fraction of sp³-hybridized carbons (Fsp3) is 0.286. The summed E-state index contributed by atoms with van der Waals surface area (Å²) in [5.41, 5.74) is 0. The van der Waals surface area contributed by atoms with Crippen LogP contribution in [-0.4, -0.2) is 48.9 Å². The summed E-state index contributed by atoms with van der Waals surface area (Å²) in [5, 5.41) is 0. The lowest BCUT2D eigenvalue weighted by molar-refractivity contribution is 0.381. The predicted octanol–water partition coefficient (Wildman–Crippen LogP) is 1.27. The first-order valence-electron chi connectivity index (χ1n) is 6.94. The summed E-state index contributed by atoms with van der Waals surface area (Å²) < 4.78 is 52.9. The summed E-state index contributed by atoms with van der Waals surface area (Å²) in [5.74, 6) is -1.23. The zero-order valence-corrected chi connectivity index (χ0v) is 12.9. The number of benzene rings is 1. The number of hydrogen-bond acceptors (Lipinski definition) is 5. The third-order valence-electron chi connectivity index (χ3n) is 3.62. The van der Waals surface area contributed by atoms with Crippen molar-refractivity contribution in [3.05, 3.63) is 48.4 Å². The van der Waals surface area contributed by atoms with E-state index in [-0.39, 0.29) is 13.1 Å². The molecule has 1 saturated heterocycles. The van der Waals surface area contributed by atoms with Crippen LogP contribution in [0, 0.1) is 11.6 Å². The van der Waals surface area contributed by atoms with Gasteiger partial charge in [-0.05, 0) is 12.1 Å². The maximum absolute atomic E-state index is 13.8. The van der Waals surface area contributed by atoms with E-state index in [9.17, 15) is 17.2 Å². The van der Waals surface area contributed by atoms with Crippen molar-refractivity contribution in [2.45, 2.75) is 4.90 Å². The van der Waals surface area contributed by atoms with Crippen LogP contribution in [0.15, 0.2) is 41.7 Å². The molecule has 1 aromatic heterocycles. The monoisotopic (exact) mass is 340 g/mol. The first-order valence-corrected chi connectivity index (χ1v) is 8.38.